The van der Waals surface area contributed by atoms with Gasteiger partial charge in [-0.05, 0) is 70.2 Å². The Morgan fingerprint density at radius 3 is 2.21 bits per heavy atom. The first-order valence-electron chi connectivity index (χ1n) is 10.4. The van der Waals surface area contributed by atoms with Gasteiger partial charge in [0, 0.05) is 38.3 Å². The second-order valence-electron chi connectivity index (χ2n) is 8.45. The summed E-state index contributed by atoms with van der Waals surface area (Å²) in [7, 11) is -3.47. The van der Waals surface area contributed by atoms with E-state index in [1.54, 1.807) is 10.4 Å². The van der Waals surface area contributed by atoms with Crippen molar-refractivity contribution in [1.29, 1.82) is 0 Å². The van der Waals surface area contributed by atoms with Gasteiger partial charge in [0.2, 0.25) is 15.9 Å². The maximum Gasteiger partial charge on any atom is 0.243 e. The van der Waals surface area contributed by atoms with Crippen LogP contribution >= 0.6 is 0 Å². The van der Waals surface area contributed by atoms with Crippen molar-refractivity contribution in [3.8, 4) is 0 Å². The number of carbonyl (C=O) groups excluding carboxylic acids is 1. The second kappa shape index (κ2) is 8.51. The van der Waals surface area contributed by atoms with E-state index in [9.17, 15) is 13.2 Å². The van der Waals surface area contributed by atoms with Crippen molar-refractivity contribution >= 4 is 15.9 Å². The predicted octanol–water partition coefficient (Wildman–Crippen LogP) is 2.13. The van der Waals surface area contributed by atoms with Crippen LogP contribution in [0.5, 0.6) is 0 Å². The minimum Gasteiger partial charge on any atom is -0.337 e. The van der Waals surface area contributed by atoms with Crippen molar-refractivity contribution in [2.24, 2.45) is 0 Å². The van der Waals surface area contributed by atoms with Crippen molar-refractivity contribution in [3.63, 3.8) is 0 Å². The molecule has 1 amide bonds. The third-order valence-electron chi connectivity index (χ3n) is 5.80. The molecule has 7 heteroatoms. The zero-order valence-electron chi connectivity index (χ0n) is 17.5. The number of sulfonamides is 1. The fourth-order valence-electron chi connectivity index (χ4n) is 4.43. The average molecular weight is 408 g/mol. The Balaban J connectivity index is 1.61. The molecule has 0 aromatic heterocycles. The molecule has 1 heterocycles. The maximum absolute atomic E-state index is 13.0. The standard InChI is InChI=1S/C21H33N3O3S/c1-16(2)24(17(3)4)21(25)15-22-10-12-23(13-11-22)28(26,27)20-9-8-18-6-5-7-19(18)14-20/h8-9,14,16-17H,5-7,10-13,15H2,1-4H3. The van der Waals surface area contributed by atoms with Gasteiger partial charge in [0.1, 0.15) is 0 Å². The molecule has 0 N–H and O–H groups in total. The summed E-state index contributed by atoms with van der Waals surface area (Å²) in [4.78, 5) is 17.0. The SMILES string of the molecule is CC(C)N(C(=O)CN1CCN(S(=O)(=O)c2ccc3c(c2)CCC3)CC1)C(C)C. The zero-order chi connectivity index (χ0) is 20.5. The number of benzene rings is 1. The van der Waals surface area contributed by atoms with E-state index in [2.05, 4.69) is 4.90 Å². The number of nitrogens with zero attached hydrogens (tertiary/aromatic N) is 3. The molecule has 156 valence electrons. The molecule has 0 saturated carbocycles. The lowest BCUT2D eigenvalue weighted by molar-refractivity contribution is -0.136. The number of aryl methyl sites for hydroxylation is 2. The van der Waals surface area contributed by atoms with Gasteiger partial charge >= 0.3 is 0 Å². The fraction of sp³-hybridized carbons (Fsp3) is 0.667. The lowest BCUT2D eigenvalue weighted by Crippen LogP contribution is -2.53. The van der Waals surface area contributed by atoms with Crippen molar-refractivity contribution in [3.05, 3.63) is 29.3 Å². The van der Waals surface area contributed by atoms with Gasteiger partial charge in [0.15, 0.2) is 0 Å². The number of hydrogen-bond donors (Lipinski definition) is 0. The van der Waals surface area contributed by atoms with Crippen molar-refractivity contribution < 1.29 is 13.2 Å². The zero-order valence-corrected chi connectivity index (χ0v) is 18.3. The molecular formula is C21H33N3O3S. The molecule has 0 radical (unpaired) electrons. The van der Waals surface area contributed by atoms with Gasteiger partial charge in [0.25, 0.3) is 0 Å². The average Bonchev–Trinajstić information content (AvgIpc) is 3.09. The molecule has 1 saturated heterocycles. The van der Waals surface area contributed by atoms with Crippen LogP contribution in [0.25, 0.3) is 0 Å². The Labute approximate surface area is 169 Å². The Morgan fingerprint density at radius 2 is 1.61 bits per heavy atom. The highest BCUT2D eigenvalue weighted by molar-refractivity contribution is 7.89. The van der Waals surface area contributed by atoms with E-state index in [4.69, 9.17) is 0 Å². The highest BCUT2D eigenvalue weighted by atomic mass is 32.2. The van der Waals surface area contributed by atoms with Gasteiger partial charge < -0.3 is 4.90 Å². The lowest BCUT2D eigenvalue weighted by Gasteiger charge is -2.36. The van der Waals surface area contributed by atoms with Crippen molar-refractivity contribution in [2.45, 2.75) is 63.9 Å². The summed E-state index contributed by atoms with van der Waals surface area (Å²) in [5.41, 5.74) is 2.45. The van der Waals surface area contributed by atoms with Crippen LogP contribution in [0.3, 0.4) is 0 Å². The molecule has 1 aromatic rings. The normalized spacial score (nSPS) is 18.6. The predicted molar refractivity (Wildman–Crippen MR) is 111 cm³/mol. The third kappa shape index (κ3) is 4.42. The van der Waals surface area contributed by atoms with E-state index in [-0.39, 0.29) is 18.0 Å². The largest absolute Gasteiger partial charge is 0.337 e. The summed E-state index contributed by atoms with van der Waals surface area (Å²) in [5, 5.41) is 0. The van der Waals surface area contributed by atoms with Crippen LogP contribution in [0.2, 0.25) is 0 Å². The van der Waals surface area contributed by atoms with Gasteiger partial charge in [-0.15, -0.1) is 0 Å². The third-order valence-corrected chi connectivity index (χ3v) is 7.69. The minimum absolute atomic E-state index is 0.111. The van der Waals surface area contributed by atoms with E-state index < -0.39 is 10.0 Å². The molecule has 1 fully saturated rings. The maximum atomic E-state index is 13.0. The smallest absolute Gasteiger partial charge is 0.243 e. The van der Waals surface area contributed by atoms with E-state index >= 15 is 0 Å². The molecule has 0 bridgehead atoms. The highest BCUT2D eigenvalue weighted by Gasteiger charge is 2.31. The molecule has 3 rings (SSSR count). The topological polar surface area (TPSA) is 60.9 Å². The van der Waals surface area contributed by atoms with E-state index in [0.29, 0.717) is 37.6 Å². The first-order chi connectivity index (χ1) is 13.2. The van der Waals surface area contributed by atoms with Crippen LogP contribution < -0.4 is 0 Å². The molecule has 1 aliphatic heterocycles. The minimum atomic E-state index is -3.47. The Morgan fingerprint density at radius 1 is 1.00 bits per heavy atom. The Hall–Kier alpha value is -1.44. The number of hydrogen-bond acceptors (Lipinski definition) is 4. The van der Waals surface area contributed by atoms with Gasteiger partial charge in [-0.1, -0.05) is 6.07 Å². The summed E-state index contributed by atoms with van der Waals surface area (Å²) in [6.07, 6.45) is 3.12. The second-order valence-corrected chi connectivity index (χ2v) is 10.4. The molecule has 28 heavy (non-hydrogen) atoms. The van der Waals surface area contributed by atoms with Crippen LogP contribution in [0.4, 0.5) is 0 Å². The summed E-state index contributed by atoms with van der Waals surface area (Å²) >= 11 is 0. The van der Waals surface area contributed by atoms with Crippen LogP contribution in [-0.4, -0.2) is 73.2 Å². The number of piperazine rings is 1. The molecule has 1 aliphatic carbocycles. The molecule has 1 aromatic carbocycles. The first-order valence-corrected chi connectivity index (χ1v) is 11.8. The summed E-state index contributed by atoms with van der Waals surface area (Å²) < 4.78 is 27.6. The summed E-state index contributed by atoms with van der Waals surface area (Å²) in [6, 6.07) is 5.90. The number of rotatable bonds is 6. The molecule has 2 aliphatic rings. The molecule has 0 atom stereocenters. The fourth-order valence-corrected chi connectivity index (χ4v) is 5.90. The number of fused-ring (bicyclic) bond motifs is 1. The quantitative estimate of drug-likeness (QED) is 0.725. The van der Waals surface area contributed by atoms with E-state index in [0.717, 1.165) is 19.3 Å². The van der Waals surface area contributed by atoms with Gasteiger partial charge in [-0.3, -0.25) is 9.69 Å². The van der Waals surface area contributed by atoms with Crippen LogP contribution in [0, 0.1) is 0 Å². The van der Waals surface area contributed by atoms with Crippen molar-refractivity contribution in [1.82, 2.24) is 14.1 Å². The molecule has 6 nitrogen and oxygen atoms in total. The summed E-state index contributed by atoms with van der Waals surface area (Å²) in [5.74, 6) is 0.111. The van der Waals surface area contributed by atoms with Gasteiger partial charge in [0.05, 0.1) is 11.4 Å². The van der Waals surface area contributed by atoms with E-state index in [1.165, 1.54) is 11.1 Å². The van der Waals surface area contributed by atoms with Crippen LogP contribution in [0.1, 0.15) is 45.2 Å². The Bertz CT molecular complexity index is 804. The lowest BCUT2D eigenvalue weighted by atomic mass is 10.1. The Kier molecular flexibility index (Phi) is 6.47. The van der Waals surface area contributed by atoms with Gasteiger partial charge in [-0.25, -0.2) is 8.42 Å². The van der Waals surface area contributed by atoms with Crippen molar-refractivity contribution in [2.75, 3.05) is 32.7 Å². The number of amides is 1. The molecule has 0 unspecified atom stereocenters. The number of carbonyl (C=O) groups is 1. The monoisotopic (exact) mass is 407 g/mol. The molecular weight excluding hydrogens is 374 g/mol. The van der Waals surface area contributed by atoms with Crippen LogP contribution in [-0.2, 0) is 27.7 Å². The van der Waals surface area contributed by atoms with Crippen LogP contribution in [0.15, 0.2) is 23.1 Å². The first kappa shape index (κ1) is 21.3. The van der Waals surface area contributed by atoms with Gasteiger partial charge in [-0.2, -0.15) is 4.31 Å². The molecule has 0 spiro atoms. The summed E-state index contributed by atoms with van der Waals surface area (Å²) in [6.45, 7) is 10.5. The highest BCUT2D eigenvalue weighted by Crippen LogP contribution is 2.26. The van der Waals surface area contributed by atoms with E-state index in [1.807, 2.05) is 44.7 Å².